The third-order valence-electron chi connectivity index (χ3n) is 5.28. The Kier molecular flexibility index (Phi) is 16.0. The van der Waals surface area contributed by atoms with E-state index in [-0.39, 0.29) is 0 Å². The first-order valence-corrected chi connectivity index (χ1v) is 11.3. The van der Waals surface area contributed by atoms with Crippen LogP contribution in [0.5, 0.6) is 0 Å². The van der Waals surface area contributed by atoms with E-state index in [4.69, 9.17) is 0 Å². The summed E-state index contributed by atoms with van der Waals surface area (Å²) in [7, 11) is 1.83. The lowest BCUT2D eigenvalue weighted by Gasteiger charge is -2.12. The predicted molar refractivity (Wildman–Crippen MR) is 138 cm³/mol. The summed E-state index contributed by atoms with van der Waals surface area (Å²) in [6, 6.07) is 20.7. The highest BCUT2D eigenvalue weighted by atomic mass is 14.7. The Labute approximate surface area is 186 Å². The number of benzene rings is 2. The minimum Gasteiger partial charge on any atom is -0.293 e. The van der Waals surface area contributed by atoms with Crippen LogP contribution in [0.15, 0.2) is 90.5 Å². The molecule has 1 aliphatic carbocycles. The van der Waals surface area contributed by atoms with E-state index in [0.29, 0.717) is 11.8 Å². The summed E-state index contributed by atoms with van der Waals surface area (Å²) >= 11 is 0. The van der Waals surface area contributed by atoms with Crippen LogP contribution in [-0.2, 0) is 6.42 Å². The number of nitrogens with zero attached hydrogens (tertiary/aromatic N) is 1. The third kappa shape index (κ3) is 11.6. The highest BCUT2D eigenvalue weighted by Crippen LogP contribution is 2.37. The van der Waals surface area contributed by atoms with Crippen molar-refractivity contribution in [2.24, 2.45) is 16.8 Å². The lowest BCUT2D eigenvalue weighted by molar-refractivity contribution is 0.651. The topological polar surface area (TPSA) is 12.4 Å². The van der Waals surface area contributed by atoms with Gasteiger partial charge >= 0.3 is 0 Å². The molecule has 0 N–H and O–H groups in total. The molecule has 0 amide bonds. The summed E-state index contributed by atoms with van der Waals surface area (Å²) < 4.78 is 0. The van der Waals surface area contributed by atoms with Crippen molar-refractivity contribution in [2.45, 2.75) is 60.3 Å². The second kappa shape index (κ2) is 17.4. The highest BCUT2D eigenvalue weighted by molar-refractivity contribution is 5.94. The lowest BCUT2D eigenvalue weighted by atomic mass is 9.94. The molecule has 0 radical (unpaired) electrons. The molecule has 0 aromatic heterocycles. The smallest absolute Gasteiger partial charge is 0.0344 e. The number of allylic oxidation sites excluding steroid dienone is 2. The molecule has 2 unspecified atom stereocenters. The molecule has 1 nitrogen and oxygen atoms in total. The highest BCUT2D eigenvalue weighted by Gasteiger charge is 2.25. The van der Waals surface area contributed by atoms with Crippen LogP contribution in [0.25, 0.3) is 0 Å². The zero-order valence-corrected chi connectivity index (χ0v) is 20.2. The van der Waals surface area contributed by atoms with Gasteiger partial charge in [0.1, 0.15) is 0 Å². The van der Waals surface area contributed by atoms with Gasteiger partial charge in [-0.2, -0.15) is 0 Å². The second-order valence-corrected chi connectivity index (χ2v) is 7.37. The van der Waals surface area contributed by atoms with Gasteiger partial charge in [-0.05, 0) is 56.1 Å². The SMILES string of the molecule is C=CC(CC1CCC(C)C1=C)=NC.CC.CCc1ccccc1.Cc1ccccc1. The molecule has 0 heterocycles. The van der Waals surface area contributed by atoms with Gasteiger partial charge < -0.3 is 0 Å². The molecule has 1 heteroatoms. The fraction of sp³-hybridized carbons (Fsp3) is 0.414. The molecule has 30 heavy (non-hydrogen) atoms. The second-order valence-electron chi connectivity index (χ2n) is 7.37. The number of aryl methyl sites for hydroxylation is 2. The van der Waals surface area contributed by atoms with Crippen molar-refractivity contribution >= 4 is 5.71 Å². The fourth-order valence-electron chi connectivity index (χ4n) is 3.22. The van der Waals surface area contributed by atoms with Gasteiger partial charge in [-0.15, -0.1) is 0 Å². The molecule has 164 valence electrons. The number of aliphatic imine (C=N–C) groups is 1. The maximum absolute atomic E-state index is 4.19. The van der Waals surface area contributed by atoms with Gasteiger partial charge in [0.05, 0.1) is 0 Å². The molecule has 0 aliphatic heterocycles. The summed E-state index contributed by atoms with van der Waals surface area (Å²) in [5, 5.41) is 0. The molecule has 0 spiro atoms. The van der Waals surface area contributed by atoms with E-state index in [9.17, 15) is 0 Å². The first-order chi connectivity index (χ1) is 14.5. The van der Waals surface area contributed by atoms with Crippen molar-refractivity contribution in [2.75, 3.05) is 7.05 Å². The molecule has 2 aromatic carbocycles. The van der Waals surface area contributed by atoms with Gasteiger partial charge in [0, 0.05) is 12.8 Å². The molecule has 1 saturated carbocycles. The van der Waals surface area contributed by atoms with Gasteiger partial charge in [0.25, 0.3) is 0 Å². The number of rotatable bonds is 4. The standard InChI is InChI=1S/C12H19N.C8H10.C7H8.C2H6/c1-5-12(13-4)8-11-7-6-9(2)10(11)3;1-2-8-6-4-3-5-7-8;1-7-5-3-2-4-6-7;1-2/h5,9,11H,1,3,6-8H2,2,4H3;3-7H,2H2,1H3;2-6H,1H3;1-2H3. The Bertz CT molecular complexity index is 713. The van der Waals surface area contributed by atoms with E-state index in [0.717, 1.165) is 18.6 Å². The molecule has 3 rings (SSSR count). The Balaban J connectivity index is 0.000000426. The van der Waals surface area contributed by atoms with Gasteiger partial charge in [0.2, 0.25) is 0 Å². The third-order valence-corrected chi connectivity index (χ3v) is 5.28. The van der Waals surface area contributed by atoms with E-state index in [1.807, 2.05) is 51.2 Å². The monoisotopic (exact) mass is 405 g/mol. The zero-order chi connectivity index (χ0) is 22.8. The quantitative estimate of drug-likeness (QED) is 0.357. The summed E-state index contributed by atoms with van der Waals surface area (Å²) in [4.78, 5) is 4.19. The summed E-state index contributed by atoms with van der Waals surface area (Å²) in [6.45, 7) is 18.4. The van der Waals surface area contributed by atoms with Crippen LogP contribution in [0.4, 0.5) is 0 Å². The maximum Gasteiger partial charge on any atom is 0.0344 e. The van der Waals surface area contributed by atoms with Crippen LogP contribution in [0.2, 0.25) is 0 Å². The minimum absolute atomic E-state index is 0.645. The predicted octanol–water partition coefficient (Wildman–Crippen LogP) is 8.51. The minimum atomic E-state index is 0.645. The first kappa shape index (κ1) is 27.6. The first-order valence-electron chi connectivity index (χ1n) is 11.3. The van der Waals surface area contributed by atoms with E-state index >= 15 is 0 Å². The van der Waals surface area contributed by atoms with Crippen molar-refractivity contribution in [1.82, 2.24) is 0 Å². The molecule has 0 saturated heterocycles. The fourth-order valence-corrected chi connectivity index (χ4v) is 3.22. The molecule has 2 atom stereocenters. The molecule has 1 aliphatic rings. The molecule has 2 aromatic rings. The summed E-state index contributed by atoms with van der Waals surface area (Å²) in [5.41, 5.74) is 5.25. The molecular weight excluding hydrogens is 362 g/mol. The Morgan fingerprint density at radius 3 is 1.83 bits per heavy atom. The lowest BCUT2D eigenvalue weighted by Crippen LogP contribution is -2.05. The van der Waals surface area contributed by atoms with E-state index in [1.54, 1.807) is 0 Å². The largest absolute Gasteiger partial charge is 0.293 e. The van der Waals surface area contributed by atoms with Gasteiger partial charge in [-0.25, -0.2) is 0 Å². The Morgan fingerprint density at radius 2 is 1.53 bits per heavy atom. The number of hydrogen-bond acceptors (Lipinski definition) is 1. The summed E-state index contributed by atoms with van der Waals surface area (Å²) in [5.74, 6) is 1.35. The Morgan fingerprint density at radius 1 is 1.00 bits per heavy atom. The van der Waals surface area contributed by atoms with Gasteiger partial charge in [0.15, 0.2) is 0 Å². The van der Waals surface area contributed by atoms with Crippen LogP contribution in [0.1, 0.15) is 58.1 Å². The number of hydrogen-bond donors (Lipinski definition) is 0. The van der Waals surface area contributed by atoms with Gasteiger partial charge in [-0.3, -0.25) is 4.99 Å². The van der Waals surface area contributed by atoms with Crippen LogP contribution < -0.4 is 0 Å². The average Bonchev–Trinajstić information content (AvgIpc) is 3.12. The van der Waals surface area contributed by atoms with Crippen molar-refractivity contribution in [3.05, 3.63) is 96.6 Å². The average molecular weight is 406 g/mol. The van der Waals surface area contributed by atoms with E-state index < -0.39 is 0 Å². The van der Waals surface area contributed by atoms with Crippen molar-refractivity contribution in [3.63, 3.8) is 0 Å². The normalized spacial score (nSPS) is 17.4. The van der Waals surface area contributed by atoms with Crippen molar-refractivity contribution in [3.8, 4) is 0 Å². The maximum atomic E-state index is 4.19. The molecule has 0 bridgehead atoms. The van der Waals surface area contributed by atoms with E-state index in [2.05, 4.69) is 75.3 Å². The van der Waals surface area contributed by atoms with Crippen LogP contribution in [0.3, 0.4) is 0 Å². The Hall–Kier alpha value is -2.41. The molecular formula is C29H43N. The van der Waals surface area contributed by atoms with Crippen LogP contribution in [0, 0.1) is 18.8 Å². The van der Waals surface area contributed by atoms with Gasteiger partial charge in [-0.1, -0.05) is 113 Å². The zero-order valence-electron chi connectivity index (χ0n) is 20.2. The summed E-state index contributed by atoms with van der Waals surface area (Å²) in [6.07, 6.45) is 6.59. The van der Waals surface area contributed by atoms with Crippen LogP contribution >= 0.6 is 0 Å². The van der Waals surface area contributed by atoms with E-state index in [1.165, 1.54) is 29.5 Å². The van der Waals surface area contributed by atoms with Crippen molar-refractivity contribution < 1.29 is 0 Å². The van der Waals surface area contributed by atoms with Crippen molar-refractivity contribution in [1.29, 1.82) is 0 Å². The molecule has 1 fully saturated rings. The van der Waals surface area contributed by atoms with Crippen LogP contribution in [-0.4, -0.2) is 12.8 Å².